The van der Waals surface area contributed by atoms with Crippen LogP contribution in [0.1, 0.15) is 24.8 Å². The number of benzene rings is 1. The molecule has 0 radical (unpaired) electrons. The summed E-state index contributed by atoms with van der Waals surface area (Å²) < 4.78 is 26.7. The van der Waals surface area contributed by atoms with E-state index in [0.717, 1.165) is 30.6 Å². The summed E-state index contributed by atoms with van der Waals surface area (Å²) in [5, 5.41) is 0. The lowest BCUT2D eigenvalue weighted by Gasteiger charge is -2.08. The van der Waals surface area contributed by atoms with E-state index in [2.05, 4.69) is 11.0 Å². The van der Waals surface area contributed by atoms with Crippen molar-refractivity contribution in [2.75, 3.05) is 24.3 Å². The van der Waals surface area contributed by atoms with Crippen LogP contribution in [0.2, 0.25) is 0 Å². The van der Waals surface area contributed by atoms with Crippen LogP contribution < -0.4 is 10.5 Å². The Hall–Kier alpha value is -0.720. The number of aryl methyl sites for hydroxylation is 1. The maximum absolute atomic E-state index is 12.1. The number of anilines is 1. The summed E-state index contributed by atoms with van der Waals surface area (Å²) in [6.07, 6.45) is 5.10. The molecule has 6 heteroatoms. The number of hydrogen-bond donors (Lipinski definition) is 2. The summed E-state index contributed by atoms with van der Waals surface area (Å²) in [6.45, 7) is 2.31. The van der Waals surface area contributed by atoms with Gasteiger partial charge in [0, 0.05) is 12.2 Å². The first-order valence-electron chi connectivity index (χ1n) is 6.31. The van der Waals surface area contributed by atoms with Crippen LogP contribution in [0.25, 0.3) is 0 Å². The molecule has 108 valence electrons. The van der Waals surface area contributed by atoms with E-state index in [0.29, 0.717) is 12.2 Å². The molecule has 0 amide bonds. The van der Waals surface area contributed by atoms with Gasteiger partial charge in [-0.1, -0.05) is 6.42 Å². The van der Waals surface area contributed by atoms with Gasteiger partial charge in [0.25, 0.3) is 0 Å². The fourth-order valence-electron chi connectivity index (χ4n) is 1.77. The van der Waals surface area contributed by atoms with Crippen LogP contribution in [0.5, 0.6) is 0 Å². The molecular weight excluding hydrogens is 280 g/mol. The van der Waals surface area contributed by atoms with Crippen molar-refractivity contribution in [2.24, 2.45) is 0 Å². The van der Waals surface area contributed by atoms with Gasteiger partial charge < -0.3 is 5.73 Å². The van der Waals surface area contributed by atoms with E-state index in [1.54, 1.807) is 12.1 Å². The Kier molecular flexibility index (Phi) is 6.68. The van der Waals surface area contributed by atoms with E-state index in [1.807, 2.05) is 18.7 Å². The number of sulfonamides is 1. The second-order valence-electron chi connectivity index (χ2n) is 4.53. The molecule has 1 rings (SSSR count). The van der Waals surface area contributed by atoms with Crippen molar-refractivity contribution < 1.29 is 8.42 Å². The van der Waals surface area contributed by atoms with Gasteiger partial charge in [-0.3, -0.25) is 0 Å². The Morgan fingerprint density at radius 3 is 2.58 bits per heavy atom. The Morgan fingerprint density at radius 1 is 1.21 bits per heavy atom. The lowest BCUT2D eigenvalue weighted by Crippen LogP contribution is -2.25. The van der Waals surface area contributed by atoms with Crippen LogP contribution in [-0.4, -0.2) is 27.0 Å². The number of rotatable bonds is 8. The zero-order valence-electron chi connectivity index (χ0n) is 11.5. The first kappa shape index (κ1) is 16.3. The number of nitrogen functional groups attached to an aromatic ring is 1. The number of unbranched alkanes of at least 4 members (excludes halogenated alkanes) is 2. The smallest absolute Gasteiger partial charge is 0.240 e. The minimum Gasteiger partial charge on any atom is -0.399 e. The molecule has 0 aliphatic rings. The van der Waals surface area contributed by atoms with Crippen molar-refractivity contribution in [3.8, 4) is 0 Å². The summed E-state index contributed by atoms with van der Waals surface area (Å²) in [5.74, 6) is 1.13. The first-order chi connectivity index (χ1) is 8.95. The van der Waals surface area contributed by atoms with E-state index < -0.39 is 10.0 Å². The molecule has 1 aromatic rings. The molecular formula is C13H22N2O2S2. The van der Waals surface area contributed by atoms with Crippen LogP contribution in [0.4, 0.5) is 5.69 Å². The van der Waals surface area contributed by atoms with Crippen LogP contribution in [0.15, 0.2) is 23.1 Å². The van der Waals surface area contributed by atoms with Gasteiger partial charge in [0.1, 0.15) is 0 Å². The SMILES string of the molecule is CSCCCCCNS(=O)(=O)c1cc(C)cc(N)c1. The van der Waals surface area contributed by atoms with Crippen molar-refractivity contribution in [1.82, 2.24) is 4.72 Å². The van der Waals surface area contributed by atoms with Gasteiger partial charge in [0.15, 0.2) is 0 Å². The van der Waals surface area contributed by atoms with E-state index in [4.69, 9.17) is 5.73 Å². The van der Waals surface area contributed by atoms with Crippen LogP contribution in [0, 0.1) is 6.92 Å². The standard InChI is InChI=1S/C13H22N2O2S2/c1-11-8-12(14)10-13(9-11)19(16,17)15-6-4-3-5-7-18-2/h8-10,15H,3-7,14H2,1-2H3. The highest BCUT2D eigenvalue weighted by atomic mass is 32.2. The van der Waals surface area contributed by atoms with Crippen molar-refractivity contribution in [3.63, 3.8) is 0 Å². The minimum atomic E-state index is -3.43. The predicted octanol–water partition coefficient (Wildman–Crippen LogP) is 2.39. The third-order valence-corrected chi connectivity index (χ3v) is 4.84. The largest absolute Gasteiger partial charge is 0.399 e. The summed E-state index contributed by atoms with van der Waals surface area (Å²) >= 11 is 1.81. The highest BCUT2D eigenvalue weighted by Crippen LogP contribution is 2.16. The van der Waals surface area contributed by atoms with Crippen LogP contribution >= 0.6 is 11.8 Å². The van der Waals surface area contributed by atoms with E-state index >= 15 is 0 Å². The average molecular weight is 302 g/mol. The van der Waals surface area contributed by atoms with E-state index in [-0.39, 0.29) is 4.90 Å². The Bertz CT molecular complexity index is 481. The maximum atomic E-state index is 12.1. The second kappa shape index (κ2) is 7.77. The molecule has 0 heterocycles. The van der Waals surface area contributed by atoms with Gasteiger partial charge >= 0.3 is 0 Å². The first-order valence-corrected chi connectivity index (χ1v) is 9.19. The van der Waals surface area contributed by atoms with Gasteiger partial charge in [0.05, 0.1) is 4.90 Å². The average Bonchev–Trinajstić information content (AvgIpc) is 2.32. The molecule has 0 bridgehead atoms. The van der Waals surface area contributed by atoms with Crippen molar-refractivity contribution in [2.45, 2.75) is 31.1 Å². The van der Waals surface area contributed by atoms with Gasteiger partial charge in [0.2, 0.25) is 10.0 Å². The molecule has 0 spiro atoms. The van der Waals surface area contributed by atoms with Crippen molar-refractivity contribution in [3.05, 3.63) is 23.8 Å². The highest BCUT2D eigenvalue weighted by Gasteiger charge is 2.13. The summed E-state index contributed by atoms with van der Waals surface area (Å²) in [6, 6.07) is 4.87. The molecule has 0 saturated heterocycles. The molecule has 1 aromatic carbocycles. The Morgan fingerprint density at radius 2 is 1.95 bits per heavy atom. The topological polar surface area (TPSA) is 72.2 Å². The van der Waals surface area contributed by atoms with Gasteiger partial charge in [-0.25, -0.2) is 13.1 Å². The Balaban J connectivity index is 2.51. The number of nitrogens with two attached hydrogens (primary N) is 1. The zero-order chi connectivity index (χ0) is 14.3. The zero-order valence-corrected chi connectivity index (χ0v) is 13.1. The molecule has 3 N–H and O–H groups in total. The molecule has 0 aliphatic heterocycles. The lowest BCUT2D eigenvalue weighted by molar-refractivity contribution is 0.576. The fourth-order valence-corrected chi connectivity index (χ4v) is 3.47. The molecule has 0 aromatic heterocycles. The van der Waals surface area contributed by atoms with Gasteiger partial charge in [-0.05, 0) is 55.5 Å². The molecule has 4 nitrogen and oxygen atoms in total. The normalized spacial score (nSPS) is 11.7. The molecule has 0 saturated carbocycles. The third-order valence-electron chi connectivity index (χ3n) is 2.70. The fraction of sp³-hybridized carbons (Fsp3) is 0.538. The molecule has 0 fully saturated rings. The number of nitrogens with one attached hydrogen (secondary N) is 1. The van der Waals surface area contributed by atoms with E-state index in [9.17, 15) is 8.42 Å². The molecule has 0 aliphatic carbocycles. The van der Waals surface area contributed by atoms with E-state index in [1.165, 1.54) is 6.07 Å². The van der Waals surface area contributed by atoms with Gasteiger partial charge in [-0.2, -0.15) is 11.8 Å². The molecule has 0 atom stereocenters. The summed E-state index contributed by atoms with van der Waals surface area (Å²) in [4.78, 5) is 0.245. The van der Waals surface area contributed by atoms with Crippen molar-refractivity contribution >= 4 is 27.5 Å². The quantitative estimate of drug-likeness (QED) is 0.571. The van der Waals surface area contributed by atoms with Gasteiger partial charge in [-0.15, -0.1) is 0 Å². The predicted molar refractivity (Wildman–Crippen MR) is 83.0 cm³/mol. The summed E-state index contributed by atoms with van der Waals surface area (Å²) in [5.41, 5.74) is 6.99. The highest BCUT2D eigenvalue weighted by molar-refractivity contribution is 7.98. The van der Waals surface area contributed by atoms with Crippen LogP contribution in [0.3, 0.4) is 0 Å². The second-order valence-corrected chi connectivity index (χ2v) is 7.28. The monoisotopic (exact) mass is 302 g/mol. The number of hydrogen-bond acceptors (Lipinski definition) is 4. The molecule has 19 heavy (non-hydrogen) atoms. The maximum Gasteiger partial charge on any atom is 0.240 e. The third kappa shape index (κ3) is 5.84. The summed E-state index contributed by atoms with van der Waals surface area (Å²) in [7, 11) is -3.43. The number of thioether (sulfide) groups is 1. The van der Waals surface area contributed by atoms with Crippen LogP contribution in [-0.2, 0) is 10.0 Å². The molecule has 0 unspecified atom stereocenters. The minimum absolute atomic E-state index is 0.245. The van der Waals surface area contributed by atoms with Crippen molar-refractivity contribution in [1.29, 1.82) is 0 Å². The lowest BCUT2D eigenvalue weighted by atomic mass is 10.2. The Labute approximate surface area is 120 Å².